The Bertz CT molecular complexity index is 1380. The molecule has 0 bridgehead atoms. The van der Waals surface area contributed by atoms with Gasteiger partial charge in [-0.3, -0.25) is 4.79 Å². The number of rotatable bonds is 3. The Morgan fingerprint density at radius 2 is 2.12 bits per heavy atom. The van der Waals surface area contributed by atoms with Crippen molar-refractivity contribution in [3.63, 3.8) is 0 Å². The number of nitrogens with one attached hydrogen (secondary N) is 2. The zero-order valence-electron chi connectivity index (χ0n) is 18.5. The third-order valence-corrected chi connectivity index (χ3v) is 6.55. The molecule has 1 amide bonds. The SMILES string of the molecule is Nc1ccc(C(=O)NC2CCCC(=Nc3ncc4c(n3)C3C#CNc5cccc(c53)C4)C2)nc1. The third-order valence-electron chi connectivity index (χ3n) is 6.55. The molecular weight excluding hydrogens is 426 g/mol. The first-order valence-corrected chi connectivity index (χ1v) is 11.5. The van der Waals surface area contributed by atoms with Crippen molar-refractivity contribution in [2.24, 2.45) is 4.99 Å². The van der Waals surface area contributed by atoms with E-state index in [1.54, 1.807) is 12.1 Å². The maximum Gasteiger partial charge on any atom is 0.270 e. The molecule has 0 radical (unpaired) electrons. The average molecular weight is 450 g/mol. The van der Waals surface area contributed by atoms with Gasteiger partial charge in [0.1, 0.15) is 5.69 Å². The minimum atomic E-state index is -0.199. The summed E-state index contributed by atoms with van der Waals surface area (Å²) < 4.78 is 0. The lowest BCUT2D eigenvalue weighted by atomic mass is 9.80. The Morgan fingerprint density at radius 3 is 3.00 bits per heavy atom. The second-order valence-electron chi connectivity index (χ2n) is 8.88. The van der Waals surface area contributed by atoms with Gasteiger partial charge in [0.2, 0.25) is 5.95 Å². The van der Waals surface area contributed by atoms with Crippen molar-refractivity contribution in [2.45, 2.75) is 44.1 Å². The van der Waals surface area contributed by atoms with Crippen LogP contribution in [0.4, 0.5) is 17.3 Å². The van der Waals surface area contributed by atoms with Crippen LogP contribution in [-0.4, -0.2) is 32.6 Å². The van der Waals surface area contributed by atoms with Gasteiger partial charge in [0.15, 0.2) is 0 Å². The fourth-order valence-corrected chi connectivity index (χ4v) is 4.93. The predicted molar refractivity (Wildman–Crippen MR) is 130 cm³/mol. The fourth-order valence-electron chi connectivity index (χ4n) is 4.93. The Morgan fingerprint density at radius 1 is 1.18 bits per heavy atom. The Labute approximate surface area is 197 Å². The highest BCUT2D eigenvalue weighted by Crippen LogP contribution is 2.40. The summed E-state index contributed by atoms with van der Waals surface area (Å²) in [6, 6.07) is 12.6. The first-order chi connectivity index (χ1) is 16.6. The maximum atomic E-state index is 12.6. The smallest absolute Gasteiger partial charge is 0.270 e. The van der Waals surface area contributed by atoms with Crippen molar-refractivity contribution in [3.8, 4) is 12.0 Å². The monoisotopic (exact) mass is 449 g/mol. The highest BCUT2D eigenvalue weighted by atomic mass is 16.1. The van der Waals surface area contributed by atoms with E-state index in [1.807, 2.05) is 6.20 Å². The van der Waals surface area contributed by atoms with Crippen LogP contribution < -0.4 is 16.4 Å². The number of benzene rings is 1. The van der Waals surface area contributed by atoms with Crippen LogP contribution in [-0.2, 0) is 6.42 Å². The quantitative estimate of drug-likeness (QED) is 0.528. The van der Waals surface area contributed by atoms with Gasteiger partial charge in [0.05, 0.1) is 29.2 Å². The summed E-state index contributed by atoms with van der Waals surface area (Å²) in [5, 5.41) is 6.24. The van der Waals surface area contributed by atoms with E-state index < -0.39 is 0 Å². The number of nitrogen functional groups attached to an aromatic ring is 1. The van der Waals surface area contributed by atoms with Gasteiger partial charge in [-0.25, -0.2) is 19.9 Å². The maximum absolute atomic E-state index is 12.6. The molecule has 4 N–H and O–H groups in total. The summed E-state index contributed by atoms with van der Waals surface area (Å²) in [5.74, 6) is 3.49. The largest absolute Gasteiger partial charge is 0.397 e. The fraction of sp³-hybridized carbons (Fsp3) is 0.269. The molecule has 3 aromatic rings. The van der Waals surface area contributed by atoms with E-state index in [2.05, 4.69) is 50.8 Å². The standard InChI is InChI=1S/C26H23N7O/c27-17-7-8-22(29-14-17)25(34)31-18-4-2-5-19(12-18)32-26-30-13-16-11-15-3-1-6-21-23(15)20(9-10-28-21)24(16)33-26/h1,3,6-8,13-14,18,20,28H,2,4-5,11-12,27H2,(H,31,34). The van der Waals surface area contributed by atoms with Crippen LogP contribution in [0.25, 0.3) is 0 Å². The van der Waals surface area contributed by atoms with E-state index in [0.29, 0.717) is 23.8 Å². The number of hydrogen-bond acceptors (Lipinski definition) is 7. The van der Waals surface area contributed by atoms with Crippen LogP contribution >= 0.6 is 0 Å². The molecule has 1 fully saturated rings. The molecule has 2 atom stereocenters. The lowest BCUT2D eigenvalue weighted by Crippen LogP contribution is -2.38. The number of nitrogens with zero attached hydrogens (tertiary/aromatic N) is 4. The van der Waals surface area contributed by atoms with Crippen molar-refractivity contribution < 1.29 is 4.79 Å². The van der Waals surface area contributed by atoms with E-state index in [0.717, 1.165) is 48.3 Å². The van der Waals surface area contributed by atoms with Crippen molar-refractivity contribution >= 4 is 28.9 Å². The summed E-state index contributed by atoms with van der Waals surface area (Å²) in [4.78, 5) is 30.8. The minimum Gasteiger partial charge on any atom is -0.397 e. The molecule has 2 unspecified atom stereocenters. The lowest BCUT2D eigenvalue weighted by Gasteiger charge is -2.28. The van der Waals surface area contributed by atoms with Gasteiger partial charge < -0.3 is 16.4 Å². The van der Waals surface area contributed by atoms with Crippen LogP contribution in [0.5, 0.6) is 0 Å². The molecule has 34 heavy (non-hydrogen) atoms. The molecule has 8 nitrogen and oxygen atoms in total. The molecule has 8 heteroatoms. The lowest BCUT2D eigenvalue weighted by molar-refractivity contribution is 0.0929. The van der Waals surface area contributed by atoms with Crippen molar-refractivity contribution in [1.82, 2.24) is 20.3 Å². The van der Waals surface area contributed by atoms with Crippen LogP contribution in [0.3, 0.4) is 0 Å². The molecule has 1 aromatic carbocycles. The number of fused-ring (bicyclic) bond motifs is 2. The van der Waals surface area contributed by atoms with Crippen molar-refractivity contribution in [1.29, 1.82) is 0 Å². The van der Waals surface area contributed by atoms with E-state index in [9.17, 15) is 4.79 Å². The van der Waals surface area contributed by atoms with Gasteiger partial charge in [-0.05, 0) is 48.6 Å². The van der Waals surface area contributed by atoms with Crippen LogP contribution in [0.1, 0.15) is 64.5 Å². The summed E-state index contributed by atoms with van der Waals surface area (Å²) in [5.41, 5.74) is 13.1. The molecule has 1 aliphatic heterocycles. The highest BCUT2D eigenvalue weighted by Gasteiger charge is 2.30. The van der Waals surface area contributed by atoms with Crippen molar-refractivity contribution in [2.75, 3.05) is 11.1 Å². The number of aliphatic imine (C=N–C) groups is 1. The molecule has 3 aliphatic rings. The summed E-state index contributed by atoms with van der Waals surface area (Å²) >= 11 is 0. The summed E-state index contributed by atoms with van der Waals surface area (Å²) in [6.07, 6.45) is 7.55. The zero-order chi connectivity index (χ0) is 23.1. The number of hydrogen-bond donors (Lipinski definition) is 3. The number of carbonyl (C=O) groups excluding carboxylic acids is 1. The highest BCUT2D eigenvalue weighted by molar-refractivity contribution is 5.94. The number of pyridine rings is 1. The summed E-state index contributed by atoms with van der Waals surface area (Å²) in [6.45, 7) is 0. The first kappa shape index (κ1) is 20.4. The third kappa shape index (κ3) is 3.75. The zero-order valence-corrected chi connectivity index (χ0v) is 18.5. The van der Waals surface area contributed by atoms with Gasteiger partial charge in [0, 0.05) is 42.4 Å². The molecule has 2 aliphatic carbocycles. The number of aromatic nitrogens is 3. The van der Waals surface area contributed by atoms with Gasteiger partial charge in [-0.1, -0.05) is 18.1 Å². The van der Waals surface area contributed by atoms with Crippen molar-refractivity contribution in [3.05, 3.63) is 70.8 Å². The van der Waals surface area contributed by atoms with Gasteiger partial charge in [-0.2, -0.15) is 0 Å². The molecule has 168 valence electrons. The van der Waals surface area contributed by atoms with Crippen LogP contribution in [0.2, 0.25) is 0 Å². The number of amides is 1. The molecular formula is C26H23N7O. The second-order valence-corrected chi connectivity index (χ2v) is 8.88. The Hall–Kier alpha value is -4.25. The number of nitrogens with two attached hydrogens (primary N) is 1. The normalized spacial score (nSPS) is 20.9. The topological polar surface area (TPSA) is 118 Å². The molecule has 1 saturated carbocycles. The molecule has 0 spiro atoms. The van der Waals surface area contributed by atoms with E-state index in [-0.39, 0.29) is 17.9 Å². The Balaban J connectivity index is 1.22. The van der Waals surface area contributed by atoms with E-state index in [1.165, 1.54) is 17.3 Å². The minimum absolute atomic E-state index is 0.00157. The van der Waals surface area contributed by atoms with E-state index in [4.69, 9.17) is 15.7 Å². The molecule has 3 heterocycles. The average Bonchev–Trinajstić information content (AvgIpc) is 2.85. The predicted octanol–water partition coefficient (Wildman–Crippen LogP) is 3.32. The molecule has 0 saturated heterocycles. The Kier molecular flexibility index (Phi) is 4.95. The summed E-state index contributed by atoms with van der Waals surface area (Å²) in [7, 11) is 0. The second kappa shape index (κ2) is 8.27. The van der Waals surface area contributed by atoms with Gasteiger partial charge in [0.25, 0.3) is 5.91 Å². The number of anilines is 2. The van der Waals surface area contributed by atoms with Gasteiger partial charge in [-0.15, -0.1) is 0 Å². The molecule has 6 rings (SSSR count). The van der Waals surface area contributed by atoms with Crippen LogP contribution in [0, 0.1) is 12.0 Å². The van der Waals surface area contributed by atoms with Crippen LogP contribution in [0.15, 0.2) is 47.7 Å². The first-order valence-electron chi connectivity index (χ1n) is 11.5. The van der Waals surface area contributed by atoms with E-state index >= 15 is 0 Å². The van der Waals surface area contributed by atoms with Gasteiger partial charge >= 0.3 is 0 Å². The molecule has 2 aromatic heterocycles. The number of carbonyl (C=O) groups is 1.